The SMILES string of the molecule is CN(C)C=NC(=S)c1cc2cc(F)ccc2[nH]1. The van der Waals surface area contributed by atoms with Crippen LogP contribution in [0.4, 0.5) is 4.39 Å². The van der Waals surface area contributed by atoms with Crippen molar-refractivity contribution in [2.45, 2.75) is 0 Å². The predicted molar refractivity (Wildman–Crippen MR) is 72.1 cm³/mol. The summed E-state index contributed by atoms with van der Waals surface area (Å²) in [5.41, 5.74) is 1.57. The van der Waals surface area contributed by atoms with Crippen LogP contribution in [0.25, 0.3) is 10.9 Å². The molecule has 0 saturated carbocycles. The monoisotopic (exact) mass is 249 g/mol. The number of hydrogen-bond donors (Lipinski definition) is 1. The van der Waals surface area contributed by atoms with E-state index in [2.05, 4.69) is 9.98 Å². The summed E-state index contributed by atoms with van der Waals surface area (Å²) in [7, 11) is 3.74. The molecule has 0 amide bonds. The summed E-state index contributed by atoms with van der Waals surface area (Å²) in [5.74, 6) is -0.259. The van der Waals surface area contributed by atoms with E-state index in [1.165, 1.54) is 12.1 Å². The third kappa shape index (κ3) is 2.68. The van der Waals surface area contributed by atoms with Gasteiger partial charge in [-0.15, -0.1) is 0 Å². The van der Waals surface area contributed by atoms with Crippen LogP contribution in [0, 0.1) is 5.82 Å². The van der Waals surface area contributed by atoms with Crippen molar-refractivity contribution in [3.05, 3.63) is 35.8 Å². The lowest BCUT2D eigenvalue weighted by atomic mass is 10.2. The smallest absolute Gasteiger partial charge is 0.151 e. The Morgan fingerprint density at radius 1 is 1.41 bits per heavy atom. The van der Waals surface area contributed by atoms with Gasteiger partial charge in [-0.25, -0.2) is 9.38 Å². The molecule has 3 nitrogen and oxygen atoms in total. The van der Waals surface area contributed by atoms with Crippen LogP contribution in [0.5, 0.6) is 0 Å². The van der Waals surface area contributed by atoms with Crippen LogP contribution in [0.15, 0.2) is 29.3 Å². The van der Waals surface area contributed by atoms with Crippen molar-refractivity contribution in [2.75, 3.05) is 14.1 Å². The Kier molecular flexibility index (Phi) is 3.19. The molecule has 0 radical (unpaired) electrons. The fourth-order valence-corrected chi connectivity index (χ4v) is 1.61. The van der Waals surface area contributed by atoms with Crippen LogP contribution in [-0.4, -0.2) is 35.3 Å². The number of halogens is 1. The van der Waals surface area contributed by atoms with Gasteiger partial charge < -0.3 is 9.88 Å². The number of nitrogens with one attached hydrogen (secondary N) is 1. The second-order valence-corrected chi connectivity index (χ2v) is 4.31. The molecular formula is C12H12FN3S. The molecule has 2 rings (SSSR count). The minimum atomic E-state index is -0.259. The third-order valence-corrected chi connectivity index (χ3v) is 2.54. The molecule has 0 unspecified atom stereocenters. The van der Waals surface area contributed by atoms with Gasteiger partial charge in [-0.2, -0.15) is 0 Å². The van der Waals surface area contributed by atoms with Gasteiger partial charge in [0.1, 0.15) is 5.82 Å². The number of fused-ring (bicyclic) bond motifs is 1. The Balaban J connectivity index is 2.33. The van der Waals surface area contributed by atoms with E-state index in [-0.39, 0.29) is 5.82 Å². The Bertz CT molecular complexity index is 586. The topological polar surface area (TPSA) is 31.4 Å². The molecule has 5 heteroatoms. The standard InChI is InChI=1S/C12H12FN3S/c1-16(2)7-14-12(17)11-6-8-5-9(13)3-4-10(8)15-11/h3-7,15H,1-2H3. The first-order valence-corrected chi connectivity index (χ1v) is 5.50. The molecule has 0 aliphatic heterocycles. The molecule has 0 aliphatic rings. The van der Waals surface area contributed by atoms with E-state index in [0.29, 0.717) is 4.99 Å². The van der Waals surface area contributed by atoms with Crippen LogP contribution >= 0.6 is 12.2 Å². The largest absolute Gasteiger partial charge is 0.369 e. The number of benzene rings is 1. The van der Waals surface area contributed by atoms with E-state index >= 15 is 0 Å². The minimum absolute atomic E-state index is 0.259. The van der Waals surface area contributed by atoms with Crippen molar-refractivity contribution in [3.8, 4) is 0 Å². The molecule has 0 saturated heterocycles. The van der Waals surface area contributed by atoms with Crippen molar-refractivity contribution in [1.29, 1.82) is 0 Å². The van der Waals surface area contributed by atoms with Gasteiger partial charge in [0.05, 0.1) is 12.0 Å². The van der Waals surface area contributed by atoms with Gasteiger partial charge >= 0.3 is 0 Å². The number of aliphatic imine (C=N–C) groups is 1. The molecule has 2 aromatic rings. The lowest BCUT2D eigenvalue weighted by molar-refractivity contribution is 0.630. The van der Waals surface area contributed by atoms with Gasteiger partial charge in [0.15, 0.2) is 4.99 Å². The van der Waals surface area contributed by atoms with Gasteiger partial charge in [0.2, 0.25) is 0 Å². The van der Waals surface area contributed by atoms with Crippen molar-refractivity contribution in [1.82, 2.24) is 9.88 Å². The molecule has 0 aliphatic carbocycles. The fourth-order valence-electron chi connectivity index (χ4n) is 1.46. The van der Waals surface area contributed by atoms with E-state index in [1.54, 1.807) is 23.4 Å². The number of aromatic nitrogens is 1. The number of H-pyrrole nitrogens is 1. The fraction of sp³-hybridized carbons (Fsp3) is 0.167. The number of thiocarbonyl (C=S) groups is 1. The molecule has 1 aromatic carbocycles. The molecule has 1 N–H and O–H groups in total. The van der Waals surface area contributed by atoms with Crippen LogP contribution < -0.4 is 0 Å². The molecule has 0 spiro atoms. The average molecular weight is 249 g/mol. The second-order valence-electron chi connectivity index (χ2n) is 3.93. The molecular weight excluding hydrogens is 237 g/mol. The molecule has 17 heavy (non-hydrogen) atoms. The Morgan fingerprint density at radius 3 is 2.88 bits per heavy atom. The summed E-state index contributed by atoms with van der Waals surface area (Å²) >= 11 is 5.16. The van der Waals surface area contributed by atoms with Gasteiger partial charge in [-0.3, -0.25) is 0 Å². The first kappa shape index (κ1) is 11.7. The number of hydrogen-bond acceptors (Lipinski definition) is 1. The Hall–Kier alpha value is -1.75. The van der Waals surface area contributed by atoms with Crippen LogP contribution in [0.2, 0.25) is 0 Å². The normalized spacial score (nSPS) is 11.2. The molecule has 0 fully saturated rings. The first-order chi connectivity index (χ1) is 8.06. The molecule has 1 heterocycles. The van der Waals surface area contributed by atoms with Crippen LogP contribution in [-0.2, 0) is 0 Å². The summed E-state index contributed by atoms with van der Waals surface area (Å²) in [6, 6.07) is 6.36. The van der Waals surface area contributed by atoms with Gasteiger partial charge in [0, 0.05) is 25.0 Å². The average Bonchev–Trinajstić information content (AvgIpc) is 2.68. The van der Waals surface area contributed by atoms with Crippen LogP contribution in [0.3, 0.4) is 0 Å². The van der Waals surface area contributed by atoms with E-state index in [1.807, 2.05) is 14.1 Å². The lowest BCUT2D eigenvalue weighted by Gasteiger charge is -2.01. The highest BCUT2D eigenvalue weighted by Crippen LogP contribution is 2.17. The third-order valence-electron chi connectivity index (χ3n) is 2.22. The predicted octanol–water partition coefficient (Wildman–Crippen LogP) is 2.57. The Morgan fingerprint density at radius 2 is 2.18 bits per heavy atom. The minimum Gasteiger partial charge on any atom is -0.369 e. The second kappa shape index (κ2) is 4.63. The van der Waals surface area contributed by atoms with E-state index in [0.717, 1.165) is 16.6 Å². The maximum absolute atomic E-state index is 13.0. The zero-order chi connectivity index (χ0) is 12.4. The number of rotatable bonds is 2. The van der Waals surface area contributed by atoms with Crippen LogP contribution in [0.1, 0.15) is 5.69 Å². The summed E-state index contributed by atoms with van der Waals surface area (Å²) < 4.78 is 13.0. The highest BCUT2D eigenvalue weighted by molar-refractivity contribution is 7.80. The van der Waals surface area contributed by atoms with Gasteiger partial charge in [-0.05, 0) is 24.3 Å². The molecule has 1 aromatic heterocycles. The van der Waals surface area contributed by atoms with Crippen molar-refractivity contribution in [3.63, 3.8) is 0 Å². The highest BCUT2D eigenvalue weighted by Gasteiger charge is 2.05. The van der Waals surface area contributed by atoms with E-state index in [4.69, 9.17) is 12.2 Å². The van der Waals surface area contributed by atoms with E-state index < -0.39 is 0 Å². The van der Waals surface area contributed by atoms with Gasteiger partial charge in [-0.1, -0.05) is 12.2 Å². The number of aromatic amines is 1. The molecule has 88 valence electrons. The summed E-state index contributed by atoms with van der Waals surface area (Å²) in [5, 5.41) is 0.794. The summed E-state index contributed by atoms with van der Waals surface area (Å²) in [6.45, 7) is 0. The maximum Gasteiger partial charge on any atom is 0.151 e. The van der Waals surface area contributed by atoms with Crippen molar-refractivity contribution < 1.29 is 4.39 Å². The lowest BCUT2D eigenvalue weighted by Crippen LogP contribution is -2.09. The summed E-state index contributed by atoms with van der Waals surface area (Å²) in [4.78, 5) is 9.48. The van der Waals surface area contributed by atoms with Crippen molar-refractivity contribution in [2.24, 2.45) is 4.99 Å². The van der Waals surface area contributed by atoms with Crippen molar-refractivity contribution >= 4 is 34.4 Å². The highest BCUT2D eigenvalue weighted by atomic mass is 32.1. The zero-order valence-corrected chi connectivity index (χ0v) is 10.4. The quantitative estimate of drug-likeness (QED) is 0.504. The van der Waals surface area contributed by atoms with E-state index in [9.17, 15) is 4.39 Å². The number of nitrogens with zero attached hydrogens (tertiary/aromatic N) is 2. The molecule has 0 atom stereocenters. The molecule has 0 bridgehead atoms. The summed E-state index contributed by atoms with van der Waals surface area (Å²) in [6.07, 6.45) is 1.63. The Labute approximate surface area is 104 Å². The van der Waals surface area contributed by atoms with Gasteiger partial charge in [0.25, 0.3) is 0 Å². The first-order valence-electron chi connectivity index (χ1n) is 5.09. The maximum atomic E-state index is 13.0. The zero-order valence-electron chi connectivity index (χ0n) is 9.57.